The summed E-state index contributed by atoms with van der Waals surface area (Å²) in [5, 5.41) is 9.38. The molecule has 0 bridgehead atoms. The molecule has 1 fully saturated rings. The van der Waals surface area contributed by atoms with Crippen molar-refractivity contribution in [3.63, 3.8) is 0 Å². The molecule has 1 aliphatic heterocycles. The lowest BCUT2D eigenvalue weighted by Gasteiger charge is -2.27. The highest BCUT2D eigenvalue weighted by atomic mass is 16.5. The van der Waals surface area contributed by atoms with E-state index >= 15 is 0 Å². The Kier molecular flexibility index (Phi) is 5.62. The van der Waals surface area contributed by atoms with Crippen LogP contribution in [0.25, 0.3) is 11.3 Å². The van der Waals surface area contributed by atoms with Crippen molar-refractivity contribution in [2.45, 2.75) is 12.5 Å². The average Bonchev–Trinajstić information content (AvgIpc) is 3.44. The van der Waals surface area contributed by atoms with Crippen molar-refractivity contribution in [3.8, 4) is 11.3 Å². The molecule has 0 unspecified atom stereocenters. The molecule has 2 heterocycles. The molecule has 8 heteroatoms. The smallest absolute Gasteiger partial charge is 0.326 e. The van der Waals surface area contributed by atoms with Gasteiger partial charge in [-0.15, -0.1) is 0 Å². The van der Waals surface area contributed by atoms with Crippen molar-refractivity contribution in [1.82, 2.24) is 15.4 Å². The van der Waals surface area contributed by atoms with E-state index in [0.717, 1.165) is 16.0 Å². The maximum Gasteiger partial charge on any atom is 0.326 e. The van der Waals surface area contributed by atoms with Gasteiger partial charge in [0.2, 0.25) is 11.8 Å². The lowest BCUT2D eigenvalue weighted by molar-refractivity contribution is -0.133. The van der Waals surface area contributed by atoms with E-state index in [1.165, 1.54) is 0 Å². The number of hydrogen-bond acceptors (Lipinski definition) is 5. The molecule has 35 heavy (non-hydrogen) atoms. The molecule has 4 aromatic rings. The number of urea groups is 1. The molecular formula is C27H22N4O4. The summed E-state index contributed by atoms with van der Waals surface area (Å²) < 4.78 is 5.23. The Balaban J connectivity index is 1.36. The van der Waals surface area contributed by atoms with Gasteiger partial charge in [0, 0.05) is 11.6 Å². The second kappa shape index (κ2) is 8.90. The van der Waals surface area contributed by atoms with Crippen molar-refractivity contribution in [2.75, 3.05) is 11.9 Å². The van der Waals surface area contributed by atoms with Crippen LogP contribution in [-0.4, -0.2) is 34.4 Å². The minimum atomic E-state index is -1.43. The van der Waals surface area contributed by atoms with E-state index in [0.29, 0.717) is 16.8 Å². The first-order chi connectivity index (χ1) is 17.0. The first kappa shape index (κ1) is 22.1. The zero-order valence-corrected chi connectivity index (χ0v) is 18.9. The van der Waals surface area contributed by atoms with Crippen LogP contribution in [0, 0.1) is 6.92 Å². The third-order valence-corrected chi connectivity index (χ3v) is 5.94. The number of benzene rings is 3. The van der Waals surface area contributed by atoms with Crippen LogP contribution in [0.3, 0.4) is 0 Å². The van der Waals surface area contributed by atoms with Crippen LogP contribution in [0.1, 0.15) is 16.7 Å². The molecule has 1 saturated heterocycles. The van der Waals surface area contributed by atoms with E-state index in [1.807, 2.05) is 43.3 Å². The summed E-state index contributed by atoms with van der Waals surface area (Å²) >= 11 is 0. The first-order valence-electron chi connectivity index (χ1n) is 11.1. The second-order valence-electron chi connectivity index (χ2n) is 8.29. The van der Waals surface area contributed by atoms with Crippen molar-refractivity contribution < 1.29 is 18.9 Å². The highest BCUT2D eigenvalue weighted by Crippen LogP contribution is 2.36. The molecule has 0 atom stereocenters. The van der Waals surface area contributed by atoms with Gasteiger partial charge in [-0.05, 0) is 18.1 Å². The molecule has 8 nitrogen and oxygen atoms in total. The van der Waals surface area contributed by atoms with Gasteiger partial charge in [0.1, 0.15) is 12.2 Å². The number of amides is 4. The molecule has 2 N–H and O–H groups in total. The maximum atomic E-state index is 13.7. The molecular weight excluding hydrogens is 444 g/mol. The summed E-state index contributed by atoms with van der Waals surface area (Å²) in [5.74, 6) is -1.000. The molecule has 3 aromatic carbocycles. The second-order valence-corrected chi connectivity index (χ2v) is 8.29. The highest BCUT2D eigenvalue weighted by Gasteiger charge is 2.54. The van der Waals surface area contributed by atoms with Crippen molar-refractivity contribution in [2.24, 2.45) is 0 Å². The van der Waals surface area contributed by atoms with Gasteiger partial charge in [-0.25, -0.2) is 4.79 Å². The Morgan fingerprint density at radius 3 is 2.14 bits per heavy atom. The fourth-order valence-electron chi connectivity index (χ4n) is 4.17. The molecule has 0 radical (unpaired) electrons. The van der Waals surface area contributed by atoms with E-state index in [-0.39, 0.29) is 5.88 Å². The summed E-state index contributed by atoms with van der Waals surface area (Å²) in [6.07, 6.45) is 0. The fraction of sp³-hybridized carbons (Fsp3) is 0.111. The van der Waals surface area contributed by atoms with Crippen LogP contribution in [0.4, 0.5) is 10.7 Å². The first-order valence-corrected chi connectivity index (χ1v) is 11.1. The molecule has 5 rings (SSSR count). The molecule has 0 spiro atoms. The molecule has 4 amide bonds. The lowest BCUT2D eigenvalue weighted by Crippen LogP contribution is -2.45. The number of aryl methyl sites for hydroxylation is 1. The molecule has 1 aliphatic rings. The minimum Gasteiger partial charge on any atom is -0.338 e. The molecule has 1 aromatic heterocycles. The standard InChI is InChI=1S/C27H22N4O4/c1-18-12-14-19(15-13-18)22-16-24(35-30-22)28-23(32)17-31-25(33)27(29-26(31)34,20-8-4-2-5-9-20)21-10-6-3-7-11-21/h2-16H,17H2,1H3,(H,28,32)(H,29,34). The number of imide groups is 1. The fourth-order valence-corrected chi connectivity index (χ4v) is 4.17. The van der Waals surface area contributed by atoms with Crippen LogP contribution in [0.15, 0.2) is 95.5 Å². The Morgan fingerprint density at radius 1 is 0.943 bits per heavy atom. The van der Waals surface area contributed by atoms with Crippen molar-refractivity contribution in [1.29, 1.82) is 0 Å². The van der Waals surface area contributed by atoms with Gasteiger partial charge in [0.05, 0.1) is 0 Å². The SMILES string of the molecule is Cc1ccc(-c2cc(NC(=O)CN3C(=O)NC(c4ccccc4)(c4ccccc4)C3=O)on2)cc1. The van der Waals surface area contributed by atoms with E-state index < -0.39 is 29.9 Å². The third kappa shape index (κ3) is 4.06. The molecule has 0 aliphatic carbocycles. The predicted octanol–water partition coefficient (Wildman–Crippen LogP) is 4.08. The van der Waals surface area contributed by atoms with E-state index in [1.54, 1.807) is 54.6 Å². The maximum absolute atomic E-state index is 13.7. The quantitative estimate of drug-likeness (QED) is 0.417. The Hall–Kier alpha value is -4.72. The van der Waals surface area contributed by atoms with Crippen LogP contribution < -0.4 is 10.6 Å². The Bertz CT molecular complexity index is 1340. The Morgan fingerprint density at radius 2 is 1.54 bits per heavy atom. The number of rotatable bonds is 6. The van der Waals surface area contributed by atoms with Crippen LogP contribution >= 0.6 is 0 Å². The largest absolute Gasteiger partial charge is 0.338 e. The van der Waals surface area contributed by atoms with Crippen molar-refractivity contribution >= 4 is 23.7 Å². The number of nitrogens with one attached hydrogen (secondary N) is 2. The summed E-state index contributed by atoms with van der Waals surface area (Å²) in [5.41, 5.74) is 2.29. The van der Waals surface area contributed by atoms with E-state index in [2.05, 4.69) is 15.8 Å². The number of aromatic nitrogens is 1. The minimum absolute atomic E-state index is 0.120. The topological polar surface area (TPSA) is 105 Å². The monoisotopic (exact) mass is 466 g/mol. The van der Waals surface area contributed by atoms with Gasteiger partial charge in [-0.1, -0.05) is 95.6 Å². The molecule has 0 saturated carbocycles. The number of hydrogen-bond donors (Lipinski definition) is 2. The number of nitrogens with zero attached hydrogens (tertiary/aromatic N) is 2. The van der Waals surface area contributed by atoms with Crippen molar-refractivity contribution in [3.05, 3.63) is 108 Å². The van der Waals surface area contributed by atoms with Gasteiger partial charge in [0.25, 0.3) is 5.91 Å². The van der Waals surface area contributed by atoms with Gasteiger partial charge < -0.3 is 9.84 Å². The Labute approximate surface area is 201 Å². The summed E-state index contributed by atoms with van der Waals surface area (Å²) in [4.78, 5) is 40.3. The number of carbonyl (C=O) groups excluding carboxylic acids is 3. The average molecular weight is 466 g/mol. The number of carbonyl (C=O) groups is 3. The number of anilines is 1. The summed E-state index contributed by atoms with van der Waals surface area (Å²) in [6, 6.07) is 26.6. The van der Waals surface area contributed by atoms with Crippen LogP contribution in [-0.2, 0) is 15.1 Å². The van der Waals surface area contributed by atoms with Gasteiger partial charge >= 0.3 is 6.03 Å². The molecule has 174 valence electrons. The zero-order chi connectivity index (χ0) is 24.4. The lowest BCUT2D eigenvalue weighted by atomic mass is 9.82. The highest BCUT2D eigenvalue weighted by molar-refractivity contribution is 6.12. The van der Waals surface area contributed by atoms with Gasteiger partial charge in [-0.3, -0.25) is 19.8 Å². The van der Waals surface area contributed by atoms with Gasteiger partial charge in [0.15, 0.2) is 5.54 Å². The predicted molar refractivity (Wildman–Crippen MR) is 129 cm³/mol. The zero-order valence-electron chi connectivity index (χ0n) is 18.9. The summed E-state index contributed by atoms with van der Waals surface area (Å²) in [7, 11) is 0. The van der Waals surface area contributed by atoms with Gasteiger partial charge in [-0.2, -0.15) is 0 Å². The van der Waals surface area contributed by atoms with E-state index in [9.17, 15) is 14.4 Å². The third-order valence-electron chi connectivity index (χ3n) is 5.94. The summed E-state index contributed by atoms with van der Waals surface area (Å²) in [6.45, 7) is 1.50. The van der Waals surface area contributed by atoms with E-state index in [4.69, 9.17) is 4.52 Å². The van der Waals surface area contributed by atoms with Crippen LogP contribution in [0.5, 0.6) is 0 Å². The normalized spacial score (nSPS) is 14.6. The van der Waals surface area contributed by atoms with Crippen LogP contribution in [0.2, 0.25) is 0 Å².